The molecule has 1 aliphatic carbocycles. The lowest BCUT2D eigenvalue weighted by atomic mass is 10.1. The smallest absolute Gasteiger partial charge is 0.310 e. The van der Waals surface area contributed by atoms with E-state index in [9.17, 15) is 9.18 Å². The molecule has 1 fully saturated rings. The number of halogens is 2. The normalized spacial score (nSPS) is 27.0. The maximum atomic E-state index is 12.7. The Labute approximate surface area is 113 Å². The second kappa shape index (κ2) is 5.87. The Morgan fingerprint density at radius 1 is 1.50 bits per heavy atom. The molecular weight excluding hydrogens is 255 g/mol. The lowest BCUT2D eigenvalue weighted by Gasteiger charge is -2.05. The van der Waals surface area contributed by atoms with Gasteiger partial charge in [0.1, 0.15) is 6.61 Å². The van der Waals surface area contributed by atoms with Crippen LogP contribution in [-0.2, 0) is 9.53 Å². The first-order chi connectivity index (χ1) is 8.30. The lowest BCUT2D eigenvalue weighted by molar-refractivity contribution is -0.145. The molecule has 0 saturated heterocycles. The highest BCUT2D eigenvalue weighted by Gasteiger charge is 2.61. The van der Waals surface area contributed by atoms with Crippen molar-refractivity contribution in [3.63, 3.8) is 0 Å². The van der Waals surface area contributed by atoms with Crippen molar-refractivity contribution in [1.29, 1.82) is 0 Å². The predicted octanol–water partition coefficient (Wildman–Crippen LogP) is 4.21. The summed E-state index contributed by atoms with van der Waals surface area (Å²) in [6, 6.07) is 0. The molecule has 0 aromatic heterocycles. The van der Waals surface area contributed by atoms with Crippen molar-refractivity contribution >= 4 is 17.6 Å². The van der Waals surface area contributed by atoms with Gasteiger partial charge < -0.3 is 4.74 Å². The van der Waals surface area contributed by atoms with E-state index >= 15 is 0 Å². The highest BCUT2D eigenvalue weighted by atomic mass is 35.5. The quantitative estimate of drug-likeness (QED) is 0.554. The molecule has 0 N–H and O–H groups in total. The van der Waals surface area contributed by atoms with E-state index in [0.717, 1.165) is 12.0 Å². The van der Waals surface area contributed by atoms with Crippen LogP contribution in [0.3, 0.4) is 0 Å². The van der Waals surface area contributed by atoms with Crippen LogP contribution in [0.4, 0.5) is 4.39 Å². The summed E-state index contributed by atoms with van der Waals surface area (Å²) < 4.78 is 17.9. The molecule has 18 heavy (non-hydrogen) atoms. The van der Waals surface area contributed by atoms with Gasteiger partial charge >= 0.3 is 5.97 Å². The molecule has 0 heterocycles. The molecule has 1 saturated carbocycles. The maximum absolute atomic E-state index is 12.7. The third kappa shape index (κ3) is 3.58. The summed E-state index contributed by atoms with van der Waals surface area (Å²) in [7, 11) is 0. The minimum absolute atomic E-state index is 0.169. The van der Waals surface area contributed by atoms with Gasteiger partial charge in [-0.3, -0.25) is 4.79 Å². The highest BCUT2D eigenvalue weighted by molar-refractivity contribution is 6.28. The Bertz CT molecular complexity index is 381. The third-order valence-corrected chi connectivity index (χ3v) is 3.59. The van der Waals surface area contributed by atoms with Crippen molar-refractivity contribution < 1.29 is 13.9 Å². The fourth-order valence-electron chi connectivity index (χ4n) is 2.26. The van der Waals surface area contributed by atoms with E-state index in [4.69, 9.17) is 16.3 Å². The van der Waals surface area contributed by atoms with Gasteiger partial charge in [0.15, 0.2) is 5.29 Å². The molecule has 0 aliphatic heterocycles. The van der Waals surface area contributed by atoms with Crippen LogP contribution in [-0.4, -0.2) is 12.6 Å². The Morgan fingerprint density at radius 3 is 2.61 bits per heavy atom. The van der Waals surface area contributed by atoms with Crippen molar-refractivity contribution in [3.8, 4) is 0 Å². The zero-order chi connectivity index (χ0) is 13.9. The molecule has 0 bridgehead atoms. The summed E-state index contributed by atoms with van der Waals surface area (Å²) in [5, 5.41) is -0.759. The van der Waals surface area contributed by atoms with Crippen molar-refractivity contribution in [2.24, 2.45) is 17.3 Å². The summed E-state index contributed by atoms with van der Waals surface area (Å²) in [6.45, 7) is 8.08. The van der Waals surface area contributed by atoms with Crippen LogP contribution in [0, 0.1) is 17.3 Å². The van der Waals surface area contributed by atoms with Crippen LogP contribution < -0.4 is 0 Å². The molecule has 0 spiro atoms. The number of esters is 1. The summed E-state index contributed by atoms with van der Waals surface area (Å²) in [4.78, 5) is 11.9. The number of rotatable bonds is 5. The minimum Gasteiger partial charge on any atom is -0.461 e. The summed E-state index contributed by atoms with van der Waals surface area (Å²) >= 11 is 5.21. The molecule has 2 atom stereocenters. The molecule has 2 unspecified atom stereocenters. The first-order valence-corrected chi connectivity index (χ1v) is 6.53. The van der Waals surface area contributed by atoms with Crippen LogP contribution in [0.25, 0.3) is 0 Å². The number of hydrogen-bond donors (Lipinski definition) is 0. The van der Waals surface area contributed by atoms with Crippen molar-refractivity contribution in [3.05, 3.63) is 23.0 Å². The zero-order valence-corrected chi connectivity index (χ0v) is 12.1. The summed E-state index contributed by atoms with van der Waals surface area (Å²) in [5.41, 5.74) is 0.756. The molecule has 0 aromatic carbocycles. The van der Waals surface area contributed by atoms with Gasteiger partial charge in [-0.05, 0) is 30.4 Å². The van der Waals surface area contributed by atoms with Gasteiger partial charge in [-0.1, -0.05) is 38.4 Å². The molecule has 102 valence electrons. The first-order valence-electron chi connectivity index (χ1n) is 6.15. The molecule has 0 aromatic rings. The summed E-state index contributed by atoms with van der Waals surface area (Å²) in [6.07, 6.45) is 4.23. The van der Waals surface area contributed by atoms with Crippen LogP contribution >= 0.6 is 11.6 Å². The Morgan fingerprint density at radius 2 is 2.11 bits per heavy atom. The largest absolute Gasteiger partial charge is 0.461 e. The van der Waals surface area contributed by atoms with Gasteiger partial charge in [-0.15, -0.1) is 0 Å². The number of carbonyl (C=O) groups is 1. The Kier molecular flexibility index (Phi) is 4.97. The molecule has 1 rings (SSSR count). The van der Waals surface area contributed by atoms with Crippen LogP contribution in [0.15, 0.2) is 23.0 Å². The molecule has 0 amide bonds. The fourth-order valence-corrected chi connectivity index (χ4v) is 2.39. The molecular formula is C14H20ClFO2. The lowest BCUT2D eigenvalue weighted by Crippen LogP contribution is -2.12. The number of allylic oxidation sites excluding steroid dienone is 2. The van der Waals surface area contributed by atoms with E-state index in [1.165, 1.54) is 6.08 Å². The summed E-state index contributed by atoms with van der Waals surface area (Å²) in [5.74, 6) is -0.739. The Balaban J connectivity index is 2.54. The van der Waals surface area contributed by atoms with E-state index in [1.807, 2.05) is 33.8 Å². The van der Waals surface area contributed by atoms with Crippen molar-refractivity contribution in [2.75, 3.05) is 6.61 Å². The van der Waals surface area contributed by atoms with E-state index in [1.54, 1.807) is 0 Å². The van der Waals surface area contributed by atoms with Gasteiger partial charge in [-0.25, -0.2) is 0 Å². The standard InChI is InChI=1S/C14H20ClFO2/c1-5-6-9(2)8-18-13(17)12-10(7-11(15)16)14(12,3)4/h6-7,10,12H,5,8H2,1-4H3. The second-order valence-corrected chi connectivity index (χ2v) is 5.71. The van der Waals surface area contributed by atoms with Gasteiger partial charge in [-0.2, -0.15) is 4.39 Å². The molecule has 4 heteroatoms. The van der Waals surface area contributed by atoms with E-state index in [-0.39, 0.29) is 23.2 Å². The topological polar surface area (TPSA) is 26.3 Å². The van der Waals surface area contributed by atoms with E-state index in [2.05, 4.69) is 0 Å². The third-order valence-electron chi connectivity index (χ3n) is 3.46. The van der Waals surface area contributed by atoms with Crippen LogP contribution in [0.2, 0.25) is 0 Å². The monoisotopic (exact) mass is 274 g/mol. The van der Waals surface area contributed by atoms with Crippen molar-refractivity contribution in [1.82, 2.24) is 0 Å². The highest BCUT2D eigenvalue weighted by Crippen LogP contribution is 2.60. The SMILES string of the molecule is CCC=C(C)COC(=O)C1C(C=C(F)Cl)C1(C)C. The number of ether oxygens (including phenoxy) is 1. The van der Waals surface area contributed by atoms with E-state index in [0.29, 0.717) is 6.61 Å². The van der Waals surface area contributed by atoms with Gasteiger partial charge in [0.05, 0.1) is 5.92 Å². The van der Waals surface area contributed by atoms with Gasteiger partial charge in [0.25, 0.3) is 0 Å². The minimum atomic E-state index is -0.759. The van der Waals surface area contributed by atoms with Gasteiger partial charge in [0, 0.05) is 5.92 Å². The predicted molar refractivity (Wildman–Crippen MR) is 70.8 cm³/mol. The average Bonchev–Trinajstić information content (AvgIpc) is 2.76. The Hall–Kier alpha value is -0.830. The first kappa shape index (κ1) is 15.2. The van der Waals surface area contributed by atoms with Crippen molar-refractivity contribution in [2.45, 2.75) is 34.1 Å². The number of carbonyl (C=O) groups excluding carboxylic acids is 1. The number of hydrogen-bond acceptors (Lipinski definition) is 2. The van der Waals surface area contributed by atoms with Crippen LogP contribution in [0.1, 0.15) is 34.1 Å². The molecule has 1 aliphatic rings. The maximum Gasteiger partial charge on any atom is 0.310 e. The second-order valence-electron chi connectivity index (χ2n) is 5.35. The fraction of sp³-hybridized carbons (Fsp3) is 0.643. The molecule has 0 radical (unpaired) electrons. The van der Waals surface area contributed by atoms with Gasteiger partial charge in [0.2, 0.25) is 0 Å². The van der Waals surface area contributed by atoms with E-state index < -0.39 is 5.29 Å². The molecule has 2 nitrogen and oxygen atoms in total. The van der Waals surface area contributed by atoms with Crippen LogP contribution in [0.5, 0.6) is 0 Å². The zero-order valence-electron chi connectivity index (χ0n) is 11.3. The average molecular weight is 275 g/mol.